The summed E-state index contributed by atoms with van der Waals surface area (Å²) in [6, 6.07) is 0. The molecule has 20 heavy (non-hydrogen) atoms. The van der Waals surface area contributed by atoms with E-state index in [0.29, 0.717) is 26.1 Å². The molecule has 2 spiro atoms. The van der Waals surface area contributed by atoms with Gasteiger partial charge >= 0.3 is 11.9 Å². The van der Waals surface area contributed by atoms with Crippen LogP contribution in [0.1, 0.15) is 25.7 Å². The van der Waals surface area contributed by atoms with E-state index in [1.165, 1.54) is 0 Å². The van der Waals surface area contributed by atoms with Crippen LogP contribution in [0.3, 0.4) is 0 Å². The molecule has 2 N–H and O–H groups in total. The van der Waals surface area contributed by atoms with E-state index < -0.39 is 35.7 Å². The molecule has 0 aromatic heterocycles. The Morgan fingerprint density at radius 2 is 1.25 bits per heavy atom. The van der Waals surface area contributed by atoms with Crippen molar-refractivity contribution in [2.75, 3.05) is 13.2 Å². The fourth-order valence-electron chi connectivity index (χ4n) is 3.05. The summed E-state index contributed by atoms with van der Waals surface area (Å²) in [7, 11) is 0. The quantitative estimate of drug-likeness (QED) is 0.727. The van der Waals surface area contributed by atoms with Crippen LogP contribution in [0.15, 0.2) is 0 Å². The van der Waals surface area contributed by atoms with Gasteiger partial charge in [0.25, 0.3) is 0 Å². The van der Waals surface area contributed by atoms with E-state index in [-0.39, 0.29) is 12.8 Å². The van der Waals surface area contributed by atoms with Crippen LogP contribution >= 0.6 is 0 Å². The van der Waals surface area contributed by atoms with Crippen molar-refractivity contribution in [3.8, 4) is 0 Å². The molecule has 3 fully saturated rings. The standard InChI is InChI=1S/C12H16O8/c13-9(14)7-11(3-1-5-17-11)19-8(10(15)16)12(20-7)4-2-6-18-12/h7-8H,1-6H2,(H,13,14)(H,15,16). The maximum Gasteiger partial charge on any atom is 0.338 e. The van der Waals surface area contributed by atoms with Crippen molar-refractivity contribution < 1.29 is 38.7 Å². The van der Waals surface area contributed by atoms with Crippen LogP contribution < -0.4 is 0 Å². The SMILES string of the molecule is O=C(O)C1OC2(CCCO2)C(C(=O)O)OC12CCCO2. The van der Waals surface area contributed by atoms with Crippen molar-refractivity contribution in [3.63, 3.8) is 0 Å². The van der Waals surface area contributed by atoms with Gasteiger partial charge in [-0.2, -0.15) is 0 Å². The molecule has 8 heteroatoms. The fourth-order valence-corrected chi connectivity index (χ4v) is 3.05. The topological polar surface area (TPSA) is 112 Å². The molecule has 112 valence electrons. The van der Waals surface area contributed by atoms with Crippen LogP contribution in [0.2, 0.25) is 0 Å². The molecule has 0 radical (unpaired) electrons. The number of carboxylic acid groups (broad SMARTS) is 2. The van der Waals surface area contributed by atoms with Crippen LogP contribution in [0.25, 0.3) is 0 Å². The molecule has 0 saturated carbocycles. The molecule has 0 aromatic carbocycles. The van der Waals surface area contributed by atoms with Crippen molar-refractivity contribution >= 4 is 11.9 Å². The number of carbonyl (C=O) groups is 2. The number of ether oxygens (including phenoxy) is 4. The summed E-state index contributed by atoms with van der Waals surface area (Å²) in [6.45, 7) is 0.626. The van der Waals surface area contributed by atoms with E-state index in [2.05, 4.69) is 0 Å². The second kappa shape index (κ2) is 4.66. The minimum atomic E-state index is -1.54. The van der Waals surface area contributed by atoms with Gasteiger partial charge in [0.05, 0.1) is 13.2 Å². The maximum atomic E-state index is 11.4. The van der Waals surface area contributed by atoms with Gasteiger partial charge in [-0.05, 0) is 12.8 Å². The second-order valence-corrected chi connectivity index (χ2v) is 5.20. The Kier molecular flexibility index (Phi) is 3.20. The molecule has 8 nitrogen and oxygen atoms in total. The first-order valence-electron chi connectivity index (χ1n) is 6.58. The van der Waals surface area contributed by atoms with Gasteiger partial charge in [-0.3, -0.25) is 0 Å². The van der Waals surface area contributed by atoms with E-state index in [4.69, 9.17) is 18.9 Å². The van der Waals surface area contributed by atoms with Gasteiger partial charge < -0.3 is 29.2 Å². The van der Waals surface area contributed by atoms with Crippen LogP contribution in [0.5, 0.6) is 0 Å². The summed E-state index contributed by atoms with van der Waals surface area (Å²) in [4.78, 5) is 22.9. The van der Waals surface area contributed by atoms with Crippen molar-refractivity contribution in [2.24, 2.45) is 0 Å². The number of hydrogen-bond donors (Lipinski definition) is 2. The highest BCUT2D eigenvalue weighted by molar-refractivity contribution is 5.77. The highest BCUT2D eigenvalue weighted by Gasteiger charge is 2.65. The molecular formula is C12H16O8. The lowest BCUT2D eigenvalue weighted by atomic mass is 9.98. The minimum Gasteiger partial charge on any atom is -0.479 e. The first-order chi connectivity index (χ1) is 9.49. The van der Waals surface area contributed by atoms with Gasteiger partial charge in [0.15, 0.2) is 0 Å². The second-order valence-electron chi connectivity index (χ2n) is 5.20. The molecule has 3 aliphatic rings. The van der Waals surface area contributed by atoms with Crippen LogP contribution in [0, 0.1) is 0 Å². The molecule has 3 heterocycles. The largest absolute Gasteiger partial charge is 0.479 e. The molecule has 0 aliphatic carbocycles. The predicted molar refractivity (Wildman–Crippen MR) is 60.9 cm³/mol. The first kappa shape index (κ1) is 13.7. The van der Waals surface area contributed by atoms with E-state index in [1.807, 2.05) is 0 Å². The predicted octanol–water partition coefficient (Wildman–Crippen LogP) is -0.0470. The third kappa shape index (κ3) is 1.91. The normalized spacial score (nSPS) is 44.2. The van der Waals surface area contributed by atoms with E-state index >= 15 is 0 Å². The smallest absolute Gasteiger partial charge is 0.338 e. The lowest BCUT2D eigenvalue weighted by Gasteiger charge is -2.48. The Morgan fingerprint density at radius 1 is 0.850 bits per heavy atom. The molecule has 3 saturated heterocycles. The third-order valence-corrected chi connectivity index (χ3v) is 3.91. The molecule has 3 aliphatic heterocycles. The van der Waals surface area contributed by atoms with Crippen molar-refractivity contribution in [1.29, 1.82) is 0 Å². The van der Waals surface area contributed by atoms with Crippen molar-refractivity contribution in [3.05, 3.63) is 0 Å². The highest BCUT2D eigenvalue weighted by Crippen LogP contribution is 2.46. The van der Waals surface area contributed by atoms with Crippen LogP contribution in [-0.2, 0) is 28.5 Å². The zero-order valence-electron chi connectivity index (χ0n) is 10.7. The summed E-state index contributed by atoms with van der Waals surface area (Å²) in [5.41, 5.74) is 0. The molecule has 4 atom stereocenters. The highest BCUT2D eigenvalue weighted by atomic mass is 16.8. The summed E-state index contributed by atoms with van der Waals surface area (Å²) in [5.74, 6) is -5.56. The minimum absolute atomic E-state index is 0.282. The van der Waals surface area contributed by atoms with E-state index in [9.17, 15) is 19.8 Å². The lowest BCUT2D eigenvalue weighted by Crippen LogP contribution is -2.67. The molecular weight excluding hydrogens is 272 g/mol. The van der Waals surface area contributed by atoms with Gasteiger partial charge in [0.2, 0.25) is 23.8 Å². The van der Waals surface area contributed by atoms with Crippen molar-refractivity contribution in [2.45, 2.75) is 49.5 Å². The van der Waals surface area contributed by atoms with Gasteiger partial charge in [-0.15, -0.1) is 0 Å². The Balaban J connectivity index is 1.96. The summed E-state index contributed by atoms with van der Waals surface area (Å²) in [5, 5.41) is 18.7. The Bertz CT molecular complexity index is 381. The van der Waals surface area contributed by atoms with Crippen LogP contribution in [0.4, 0.5) is 0 Å². The van der Waals surface area contributed by atoms with E-state index in [1.54, 1.807) is 0 Å². The molecule has 4 unspecified atom stereocenters. The zero-order chi connectivity index (χ0) is 14.4. The lowest BCUT2D eigenvalue weighted by molar-refractivity contribution is -0.409. The number of rotatable bonds is 2. The van der Waals surface area contributed by atoms with Crippen LogP contribution in [-0.4, -0.2) is 59.1 Å². The van der Waals surface area contributed by atoms with Gasteiger partial charge in [-0.1, -0.05) is 0 Å². The first-order valence-corrected chi connectivity index (χ1v) is 6.58. The molecule has 3 rings (SSSR count). The summed E-state index contributed by atoms with van der Waals surface area (Å²) >= 11 is 0. The Labute approximate surface area is 114 Å². The molecule has 0 bridgehead atoms. The van der Waals surface area contributed by atoms with Gasteiger partial charge in [0, 0.05) is 12.8 Å². The Morgan fingerprint density at radius 3 is 1.50 bits per heavy atom. The van der Waals surface area contributed by atoms with E-state index in [0.717, 1.165) is 0 Å². The summed E-state index contributed by atoms with van der Waals surface area (Å²) in [6.07, 6.45) is -1.04. The number of aliphatic carboxylic acids is 2. The fraction of sp³-hybridized carbons (Fsp3) is 0.833. The number of hydrogen-bond acceptors (Lipinski definition) is 6. The van der Waals surface area contributed by atoms with Gasteiger partial charge in [-0.25, -0.2) is 9.59 Å². The third-order valence-electron chi connectivity index (χ3n) is 3.91. The molecule has 0 aromatic rings. The summed E-state index contributed by atoms with van der Waals surface area (Å²) < 4.78 is 21.9. The molecule has 0 amide bonds. The number of carboxylic acids is 2. The average Bonchev–Trinajstić information content (AvgIpc) is 3.02. The average molecular weight is 288 g/mol. The van der Waals surface area contributed by atoms with Gasteiger partial charge in [0.1, 0.15) is 0 Å². The zero-order valence-corrected chi connectivity index (χ0v) is 10.7. The Hall–Kier alpha value is -1.22. The van der Waals surface area contributed by atoms with Crippen molar-refractivity contribution in [1.82, 2.24) is 0 Å². The monoisotopic (exact) mass is 288 g/mol. The maximum absolute atomic E-state index is 11.4.